The van der Waals surface area contributed by atoms with Gasteiger partial charge in [-0.25, -0.2) is 0 Å². The van der Waals surface area contributed by atoms with Gasteiger partial charge in [0.25, 0.3) is 5.91 Å². The molecule has 1 amide bonds. The molecule has 0 saturated carbocycles. The molecule has 16 heavy (non-hydrogen) atoms. The number of amides is 1. The first-order valence-electron chi connectivity index (χ1n) is 5.65. The van der Waals surface area contributed by atoms with Crippen molar-refractivity contribution in [2.45, 2.75) is 19.8 Å². The number of nitrogens with zero attached hydrogens (tertiary/aromatic N) is 1. The number of hydrogen-bond donors (Lipinski definition) is 1. The summed E-state index contributed by atoms with van der Waals surface area (Å²) in [5.74, 6) is 0.725. The third-order valence-corrected chi connectivity index (χ3v) is 3.10. The van der Waals surface area contributed by atoms with Crippen molar-refractivity contribution in [3.63, 3.8) is 0 Å². The summed E-state index contributed by atoms with van der Waals surface area (Å²) in [5.41, 5.74) is 0.387. The van der Waals surface area contributed by atoms with E-state index in [-0.39, 0.29) is 11.5 Å². The smallest absolute Gasteiger partial charge is 0.255 e. The van der Waals surface area contributed by atoms with Crippen molar-refractivity contribution in [1.29, 1.82) is 0 Å². The van der Waals surface area contributed by atoms with Gasteiger partial charge in [0, 0.05) is 25.4 Å². The van der Waals surface area contributed by atoms with Crippen molar-refractivity contribution in [2.75, 3.05) is 13.1 Å². The molecule has 1 aromatic rings. The number of pyridine rings is 1. The predicted molar refractivity (Wildman–Crippen MR) is 61.4 cm³/mol. The Kier molecular flexibility index (Phi) is 3.08. The van der Waals surface area contributed by atoms with Crippen LogP contribution in [0.1, 0.15) is 30.1 Å². The van der Waals surface area contributed by atoms with Gasteiger partial charge in [0.2, 0.25) is 5.56 Å². The molecule has 2 rings (SSSR count). The molecule has 0 aliphatic carbocycles. The number of aromatic amines is 1. The molecule has 1 saturated heterocycles. The highest BCUT2D eigenvalue weighted by molar-refractivity contribution is 5.93. The van der Waals surface area contributed by atoms with Crippen LogP contribution in [0.25, 0.3) is 0 Å². The molecule has 1 aliphatic heterocycles. The normalized spacial score (nSPS) is 17.4. The van der Waals surface area contributed by atoms with Gasteiger partial charge in [-0.15, -0.1) is 0 Å². The van der Waals surface area contributed by atoms with Crippen molar-refractivity contribution >= 4 is 5.91 Å². The van der Waals surface area contributed by atoms with Gasteiger partial charge in [0.05, 0.1) is 5.56 Å². The average molecular weight is 220 g/mol. The molecule has 4 heteroatoms. The maximum absolute atomic E-state index is 12.0. The molecule has 0 atom stereocenters. The summed E-state index contributed by atoms with van der Waals surface area (Å²) in [5, 5.41) is 0. The van der Waals surface area contributed by atoms with Crippen molar-refractivity contribution < 1.29 is 4.79 Å². The fourth-order valence-corrected chi connectivity index (χ4v) is 1.94. The van der Waals surface area contributed by atoms with Gasteiger partial charge < -0.3 is 9.88 Å². The summed E-state index contributed by atoms with van der Waals surface area (Å²) in [4.78, 5) is 27.3. The van der Waals surface area contributed by atoms with Crippen LogP contribution in [0.4, 0.5) is 0 Å². The molecular formula is C12H16N2O2. The molecule has 0 spiro atoms. The van der Waals surface area contributed by atoms with Crippen molar-refractivity contribution in [1.82, 2.24) is 9.88 Å². The summed E-state index contributed by atoms with van der Waals surface area (Å²) in [6.45, 7) is 3.85. The standard InChI is InChI=1S/C12H16N2O2/c1-9-4-6-14(7-5-9)12(16)10-2-3-11(15)13-8-10/h2-3,8-9H,4-7H2,1H3,(H,13,15). The molecule has 0 aromatic carbocycles. The minimum Gasteiger partial charge on any atom is -0.339 e. The summed E-state index contributed by atoms with van der Waals surface area (Å²) in [7, 11) is 0. The van der Waals surface area contributed by atoms with Crippen LogP contribution in [-0.2, 0) is 0 Å². The highest BCUT2D eigenvalue weighted by atomic mass is 16.2. The number of rotatable bonds is 1. The van der Waals surface area contributed by atoms with Gasteiger partial charge in [-0.2, -0.15) is 0 Å². The number of piperidine rings is 1. The van der Waals surface area contributed by atoms with Crippen LogP contribution in [0.3, 0.4) is 0 Å². The molecule has 2 heterocycles. The van der Waals surface area contributed by atoms with Gasteiger partial charge >= 0.3 is 0 Å². The van der Waals surface area contributed by atoms with E-state index in [0.717, 1.165) is 25.9 Å². The van der Waals surface area contributed by atoms with Crippen LogP contribution in [0.2, 0.25) is 0 Å². The Morgan fingerprint density at radius 1 is 1.38 bits per heavy atom. The van der Waals surface area contributed by atoms with Crippen LogP contribution in [0.15, 0.2) is 23.1 Å². The van der Waals surface area contributed by atoms with Crippen molar-refractivity contribution in [3.05, 3.63) is 34.2 Å². The SMILES string of the molecule is CC1CCN(C(=O)c2ccc(=O)[nH]c2)CC1. The zero-order chi connectivity index (χ0) is 11.5. The second-order valence-electron chi connectivity index (χ2n) is 4.42. The van der Waals surface area contributed by atoms with E-state index in [4.69, 9.17) is 0 Å². The van der Waals surface area contributed by atoms with E-state index in [9.17, 15) is 9.59 Å². The lowest BCUT2D eigenvalue weighted by Crippen LogP contribution is -2.38. The first-order chi connectivity index (χ1) is 7.66. The highest BCUT2D eigenvalue weighted by Crippen LogP contribution is 2.17. The summed E-state index contributed by atoms with van der Waals surface area (Å²) >= 11 is 0. The largest absolute Gasteiger partial charge is 0.339 e. The fourth-order valence-electron chi connectivity index (χ4n) is 1.94. The minimum absolute atomic E-state index is 0.0168. The topological polar surface area (TPSA) is 53.2 Å². The predicted octanol–water partition coefficient (Wildman–Crippen LogP) is 1.25. The third-order valence-electron chi connectivity index (χ3n) is 3.10. The number of likely N-dealkylation sites (tertiary alicyclic amines) is 1. The van der Waals surface area contributed by atoms with Gasteiger partial charge in [-0.05, 0) is 24.8 Å². The molecule has 0 radical (unpaired) electrons. The number of carbonyl (C=O) groups excluding carboxylic acids is 1. The molecule has 1 N–H and O–H groups in total. The zero-order valence-corrected chi connectivity index (χ0v) is 9.40. The van der Waals surface area contributed by atoms with Crippen LogP contribution in [0.5, 0.6) is 0 Å². The minimum atomic E-state index is -0.177. The van der Waals surface area contributed by atoms with Crippen LogP contribution in [-0.4, -0.2) is 28.9 Å². The van der Waals surface area contributed by atoms with E-state index in [1.807, 2.05) is 4.90 Å². The molecular weight excluding hydrogens is 204 g/mol. The lowest BCUT2D eigenvalue weighted by molar-refractivity contribution is 0.0697. The third kappa shape index (κ3) is 2.32. The van der Waals surface area contributed by atoms with E-state index in [2.05, 4.69) is 11.9 Å². The first kappa shape index (κ1) is 10.9. The molecule has 0 unspecified atom stereocenters. The number of aromatic nitrogens is 1. The maximum atomic E-state index is 12.0. The van der Waals surface area contributed by atoms with Gasteiger partial charge in [-0.3, -0.25) is 9.59 Å². The van der Waals surface area contributed by atoms with E-state index in [1.54, 1.807) is 6.07 Å². The van der Waals surface area contributed by atoms with E-state index < -0.39 is 0 Å². The first-order valence-corrected chi connectivity index (χ1v) is 5.65. The fraction of sp³-hybridized carbons (Fsp3) is 0.500. The highest BCUT2D eigenvalue weighted by Gasteiger charge is 2.21. The number of hydrogen-bond acceptors (Lipinski definition) is 2. The van der Waals surface area contributed by atoms with E-state index in [1.165, 1.54) is 12.3 Å². The Morgan fingerprint density at radius 2 is 2.06 bits per heavy atom. The molecule has 1 aromatic heterocycles. The Labute approximate surface area is 94.3 Å². The Bertz CT molecular complexity index is 410. The Morgan fingerprint density at radius 3 is 2.62 bits per heavy atom. The van der Waals surface area contributed by atoms with E-state index in [0.29, 0.717) is 11.5 Å². The Balaban J connectivity index is 2.07. The quantitative estimate of drug-likeness (QED) is 0.774. The summed E-state index contributed by atoms with van der Waals surface area (Å²) < 4.78 is 0. The van der Waals surface area contributed by atoms with Gasteiger partial charge in [0.15, 0.2) is 0 Å². The number of carbonyl (C=O) groups is 1. The van der Waals surface area contributed by atoms with Crippen LogP contribution in [0, 0.1) is 5.92 Å². The average Bonchev–Trinajstić information content (AvgIpc) is 2.30. The summed E-state index contributed by atoms with van der Waals surface area (Å²) in [6, 6.07) is 2.97. The molecule has 86 valence electrons. The Hall–Kier alpha value is -1.58. The monoisotopic (exact) mass is 220 g/mol. The number of nitrogens with one attached hydrogen (secondary N) is 1. The van der Waals surface area contributed by atoms with Gasteiger partial charge in [0.1, 0.15) is 0 Å². The van der Waals surface area contributed by atoms with Crippen molar-refractivity contribution in [2.24, 2.45) is 5.92 Å². The van der Waals surface area contributed by atoms with Gasteiger partial charge in [-0.1, -0.05) is 6.92 Å². The maximum Gasteiger partial charge on any atom is 0.255 e. The van der Waals surface area contributed by atoms with E-state index >= 15 is 0 Å². The second-order valence-corrected chi connectivity index (χ2v) is 4.42. The molecule has 0 bridgehead atoms. The van der Waals surface area contributed by atoms with Crippen LogP contribution < -0.4 is 5.56 Å². The zero-order valence-electron chi connectivity index (χ0n) is 9.40. The molecule has 1 fully saturated rings. The van der Waals surface area contributed by atoms with Crippen LogP contribution >= 0.6 is 0 Å². The second kappa shape index (κ2) is 4.51. The summed E-state index contributed by atoms with van der Waals surface area (Å²) in [6.07, 6.45) is 3.62. The molecule has 1 aliphatic rings. The van der Waals surface area contributed by atoms with Crippen molar-refractivity contribution in [3.8, 4) is 0 Å². The molecule has 4 nitrogen and oxygen atoms in total. The lowest BCUT2D eigenvalue weighted by Gasteiger charge is -2.30. The lowest BCUT2D eigenvalue weighted by atomic mass is 9.99. The number of H-pyrrole nitrogens is 1.